The van der Waals surface area contributed by atoms with Crippen LogP contribution in [0, 0.1) is 0 Å². The molecule has 2 fully saturated rings. The molecule has 0 N–H and O–H groups in total. The second kappa shape index (κ2) is 8.27. The lowest BCUT2D eigenvalue weighted by Crippen LogP contribution is -2.50. The number of likely N-dealkylation sites (tertiary alicyclic amines) is 1. The van der Waals surface area contributed by atoms with Crippen molar-refractivity contribution in [1.82, 2.24) is 19.8 Å². The first-order chi connectivity index (χ1) is 12.6. The number of carbonyl (C=O) groups is 2. The van der Waals surface area contributed by atoms with E-state index in [-0.39, 0.29) is 17.9 Å². The number of ether oxygens (including phenoxy) is 1. The van der Waals surface area contributed by atoms with Gasteiger partial charge in [0.25, 0.3) is 0 Å². The summed E-state index contributed by atoms with van der Waals surface area (Å²) in [6.07, 6.45) is 8.10. The van der Waals surface area contributed by atoms with E-state index in [4.69, 9.17) is 4.74 Å². The molecule has 0 aromatic carbocycles. The topological polar surface area (TPSA) is 78.9 Å². The van der Waals surface area contributed by atoms with Crippen LogP contribution in [0.1, 0.15) is 18.4 Å². The fourth-order valence-electron chi connectivity index (χ4n) is 3.19. The number of anilines is 1. The molecule has 8 heteroatoms. The van der Waals surface area contributed by atoms with E-state index in [9.17, 15) is 9.59 Å². The number of hydrogen-bond donors (Lipinski definition) is 0. The summed E-state index contributed by atoms with van der Waals surface area (Å²) in [6.45, 7) is 2.94. The number of hydrogen-bond acceptors (Lipinski definition) is 6. The van der Waals surface area contributed by atoms with E-state index < -0.39 is 0 Å². The highest BCUT2D eigenvalue weighted by atomic mass is 16.5. The van der Waals surface area contributed by atoms with Gasteiger partial charge < -0.3 is 19.4 Å². The molecule has 3 rings (SSSR count). The van der Waals surface area contributed by atoms with E-state index in [1.807, 2.05) is 19.0 Å². The van der Waals surface area contributed by atoms with E-state index in [0.717, 1.165) is 18.4 Å². The fraction of sp³-hybridized carbons (Fsp3) is 0.556. The van der Waals surface area contributed by atoms with E-state index in [0.29, 0.717) is 38.8 Å². The second-order valence-electron chi connectivity index (χ2n) is 6.67. The summed E-state index contributed by atoms with van der Waals surface area (Å²) in [7, 11) is 3.74. The average Bonchev–Trinajstić information content (AvgIpc) is 3.16. The molecule has 0 radical (unpaired) electrons. The summed E-state index contributed by atoms with van der Waals surface area (Å²) in [5.41, 5.74) is 0.749. The highest BCUT2D eigenvalue weighted by Crippen LogP contribution is 2.20. The fourth-order valence-corrected chi connectivity index (χ4v) is 3.19. The van der Waals surface area contributed by atoms with Crippen molar-refractivity contribution in [2.24, 2.45) is 0 Å². The van der Waals surface area contributed by atoms with Crippen LogP contribution in [0.4, 0.5) is 5.95 Å². The Kier molecular flexibility index (Phi) is 5.82. The minimum Gasteiger partial charge on any atom is -0.378 e. The molecule has 3 heterocycles. The summed E-state index contributed by atoms with van der Waals surface area (Å²) >= 11 is 0. The van der Waals surface area contributed by atoms with Crippen LogP contribution in [-0.4, -0.2) is 84.6 Å². The van der Waals surface area contributed by atoms with Gasteiger partial charge in [-0.2, -0.15) is 0 Å². The molecule has 2 aliphatic rings. The molecule has 0 spiro atoms. The van der Waals surface area contributed by atoms with Crippen LogP contribution >= 0.6 is 0 Å². The molecular formula is C18H25N5O3. The van der Waals surface area contributed by atoms with Gasteiger partial charge in [0.05, 0.1) is 13.2 Å². The van der Waals surface area contributed by atoms with Crippen LogP contribution < -0.4 is 4.90 Å². The summed E-state index contributed by atoms with van der Waals surface area (Å²) in [5.74, 6) is 0.501. The SMILES string of the molecule is CN(C)c1ncc(C=CC(=O)N2CCC[C@H]2C(=O)N2CCOCC2)cn1. The first kappa shape index (κ1) is 18.3. The summed E-state index contributed by atoms with van der Waals surface area (Å²) < 4.78 is 5.30. The summed E-state index contributed by atoms with van der Waals surface area (Å²) in [4.78, 5) is 39.0. The molecule has 0 aliphatic carbocycles. The lowest BCUT2D eigenvalue weighted by atomic mass is 10.1. The maximum Gasteiger partial charge on any atom is 0.247 e. The van der Waals surface area contributed by atoms with Crippen LogP contribution in [0.2, 0.25) is 0 Å². The molecule has 26 heavy (non-hydrogen) atoms. The van der Waals surface area contributed by atoms with Crippen molar-refractivity contribution in [3.8, 4) is 0 Å². The first-order valence-electron chi connectivity index (χ1n) is 8.91. The van der Waals surface area contributed by atoms with Crippen molar-refractivity contribution in [2.75, 3.05) is 51.8 Å². The average molecular weight is 359 g/mol. The van der Waals surface area contributed by atoms with Crippen LogP contribution in [0.25, 0.3) is 6.08 Å². The van der Waals surface area contributed by atoms with Gasteiger partial charge in [0.1, 0.15) is 6.04 Å². The van der Waals surface area contributed by atoms with Gasteiger partial charge in [-0.25, -0.2) is 9.97 Å². The molecule has 2 saturated heterocycles. The number of nitrogens with zero attached hydrogens (tertiary/aromatic N) is 5. The molecule has 2 aliphatic heterocycles. The Morgan fingerprint density at radius 3 is 2.54 bits per heavy atom. The molecule has 2 amide bonds. The number of aromatic nitrogens is 2. The van der Waals surface area contributed by atoms with Crippen molar-refractivity contribution in [3.05, 3.63) is 24.0 Å². The van der Waals surface area contributed by atoms with Crippen LogP contribution in [0.15, 0.2) is 18.5 Å². The Hall–Kier alpha value is -2.48. The van der Waals surface area contributed by atoms with E-state index >= 15 is 0 Å². The molecule has 0 bridgehead atoms. The minimum atomic E-state index is -0.363. The Morgan fingerprint density at radius 1 is 1.19 bits per heavy atom. The molecular weight excluding hydrogens is 334 g/mol. The van der Waals surface area contributed by atoms with Gasteiger partial charge in [0, 0.05) is 57.8 Å². The summed E-state index contributed by atoms with van der Waals surface area (Å²) in [5, 5.41) is 0. The summed E-state index contributed by atoms with van der Waals surface area (Å²) in [6, 6.07) is -0.363. The number of morpholine rings is 1. The van der Waals surface area contributed by atoms with Crippen LogP contribution in [-0.2, 0) is 14.3 Å². The van der Waals surface area contributed by atoms with Gasteiger partial charge in [-0.3, -0.25) is 9.59 Å². The molecule has 1 aromatic heterocycles. The third-order valence-electron chi connectivity index (χ3n) is 4.62. The van der Waals surface area contributed by atoms with Crippen LogP contribution in [0.5, 0.6) is 0 Å². The Labute approximate surface area is 153 Å². The predicted octanol–water partition coefficient (Wildman–Crippen LogP) is 0.406. The Balaban J connectivity index is 1.63. The van der Waals surface area contributed by atoms with E-state index in [1.165, 1.54) is 6.08 Å². The predicted molar refractivity (Wildman–Crippen MR) is 97.5 cm³/mol. The van der Waals surface area contributed by atoms with Crippen molar-refractivity contribution >= 4 is 23.8 Å². The maximum atomic E-state index is 12.7. The monoisotopic (exact) mass is 359 g/mol. The number of carbonyl (C=O) groups excluding carboxylic acids is 2. The van der Waals surface area contributed by atoms with Gasteiger partial charge in [-0.1, -0.05) is 0 Å². The standard InChI is InChI=1S/C18H25N5O3/c1-21(2)18-19-12-14(13-20-18)5-6-16(24)23-7-3-4-15(23)17(25)22-8-10-26-11-9-22/h5-6,12-13,15H,3-4,7-11H2,1-2H3/t15-/m0/s1. The molecule has 0 saturated carbocycles. The van der Waals surface area contributed by atoms with Crippen molar-refractivity contribution in [3.63, 3.8) is 0 Å². The molecule has 8 nitrogen and oxygen atoms in total. The first-order valence-corrected chi connectivity index (χ1v) is 8.91. The third kappa shape index (κ3) is 4.19. The molecule has 1 atom stereocenters. The lowest BCUT2D eigenvalue weighted by Gasteiger charge is -2.32. The zero-order chi connectivity index (χ0) is 18.5. The Morgan fingerprint density at radius 2 is 1.88 bits per heavy atom. The van der Waals surface area contributed by atoms with Crippen molar-refractivity contribution in [1.29, 1.82) is 0 Å². The van der Waals surface area contributed by atoms with Crippen molar-refractivity contribution in [2.45, 2.75) is 18.9 Å². The highest BCUT2D eigenvalue weighted by molar-refractivity contribution is 5.96. The zero-order valence-corrected chi connectivity index (χ0v) is 15.3. The molecule has 140 valence electrons. The van der Waals surface area contributed by atoms with Gasteiger partial charge in [0.15, 0.2) is 0 Å². The highest BCUT2D eigenvalue weighted by Gasteiger charge is 2.36. The third-order valence-corrected chi connectivity index (χ3v) is 4.62. The zero-order valence-electron chi connectivity index (χ0n) is 15.3. The second-order valence-corrected chi connectivity index (χ2v) is 6.67. The van der Waals surface area contributed by atoms with Gasteiger partial charge in [-0.05, 0) is 18.9 Å². The van der Waals surface area contributed by atoms with E-state index in [1.54, 1.807) is 28.3 Å². The lowest BCUT2D eigenvalue weighted by molar-refractivity contribution is -0.144. The molecule has 0 unspecified atom stereocenters. The van der Waals surface area contributed by atoms with E-state index in [2.05, 4.69) is 9.97 Å². The maximum absolute atomic E-state index is 12.7. The smallest absolute Gasteiger partial charge is 0.247 e. The van der Waals surface area contributed by atoms with Gasteiger partial charge >= 0.3 is 0 Å². The largest absolute Gasteiger partial charge is 0.378 e. The normalized spacial score (nSPS) is 20.6. The van der Waals surface area contributed by atoms with Gasteiger partial charge in [0.2, 0.25) is 17.8 Å². The Bertz CT molecular complexity index is 668. The van der Waals surface area contributed by atoms with Crippen LogP contribution in [0.3, 0.4) is 0 Å². The molecule has 1 aromatic rings. The number of rotatable bonds is 4. The van der Waals surface area contributed by atoms with Gasteiger partial charge in [-0.15, -0.1) is 0 Å². The quantitative estimate of drug-likeness (QED) is 0.725. The minimum absolute atomic E-state index is 0.0335. The van der Waals surface area contributed by atoms with Crippen molar-refractivity contribution < 1.29 is 14.3 Å². The number of amides is 2.